The summed E-state index contributed by atoms with van der Waals surface area (Å²) in [6.45, 7) is 6.85. The van der Waals surface area contributed by atoms with Gasteiger partial charge in [-0.3, -0.25) is 14.3 Å². The smallest absolute Gasteiger partial charge is 0.303 e. The first kappa shape index (κ1) is 20.7. The number of carboxylic acids is 1. The van der Waals surface area contributed by atoms with E-state index in [0.717, 1.165) is 22.5 Å². The molecule has 27 heavy (non-hydrogen) atoms. The van der Waals surface area contributed by atoms with Crippen LogP contribution in [0.1, 0.15) is 42.3 Å². The van der Waals surface area contributed by atoms with E-state index in [4.69, 9.17) is 5.11 Å². The highest BCUT2D eigenvalue weighted by molar-refractivity contribution is 5.79. The number of aryl methyl sites for hydroxylation is 2. The van der Waals surface area contributed by atoms with E-state index in [1.54, 1.807) is 4.90 Å². The van der Waals surface area contributed by atoms with Crippen LogP contribution in [-0.4, -0.2) is 38.2 Å². The minimum Gasteiger partial charge on any atom is -0.481 e. The molecule has 0 aliphatic carbocycles. The molecule has 6 nitrogen and oxygen atoms in total. The van der Waals surface area contributed by atoms with Crippen LogP contribution in [0.4, 0.5) is 0 Å². The van der Waals surface area contributed by atoms with Crippen LogP contribution in [0.2, 0.25) is 0 Å². The van der Waals surface area contributed by atoms with Gasteiger partial charge >= 0.3 is 5.97 Å². The molecule has 2 aromatic rings. The maximum absolute atomic E-state index is 13.1. The third kappa shape index (κ3) is 5.67. The summed E-state index contributed by atoms with van der Waals surface area (Å²) in [6, 6.07) is 9.80. The molecule has 6 heteroatoms. The molecule has 1 aromatic heterocycles. The van der Waals surface area contributed by atoms with Crippen LogP contribution < -0.4 is 0 Å². The molecule has 0 saturated carbocycles. The van der Waals surface area contributed by atoms with Gasteiger partial charge in [0.1, 0.15) is 0 Å². The van der Waals surface area contributed by atoms with Crippen molar-refractivity contribution in [2.45, 2.75) is 46.6 Å². The van der Waals surface area contributed by atoms with Crippen LogP contribution in [0.15, 0.2) is 30.3 Å². The minimum absolute atomic E-state index is 0.0481. The number of aromatic nitrogens is 2. The van der Waals surface area contributed by atoms with Gasteiger partial charge in [-0.25, -0.2) is 0 Å². The van der Waals surface area contributed by atoms with Crippen LogP contribution in [0.3, 0.4) is 0 Å². The number of hydrogen-bond donors (Lipinski definition) is 1. The average molecular weight is 371 g/mol. The van der Waals surface area contributed by atoms with E-state index < -0.39 is 5.97 Å². The summed E-state index contributed by atoms with van der Waals surface area (Å²) in [5, 5.41) is 13.3. The number of aliphatic carboxylic acids is 1. The first-order valence-electron chi connectivity index (χ1n) is 9.33. The zero-order valence-corrected chi connectivity index (χ0v) is 16.6. The predicted molar refractivity (Wildman–Crippen MR) is 104 cm³/mol. The molecule has 0 aliphatic rings. The van der Waals surface area contributed by atoms with E-state index >= 15 is 0 Å². The van der Waals surface area contributed by atoms with Gasteiger partial charge in [0.25, 0.3) is 0 Å². The normalized spacial score (nSPS) is 12.0. The summed E-state index contributed by atoms with van der Waals surface area (Å²) >= 11 is 0. The number of carbonyl (C=O) groups excluding carboxylic acids is 1. The van der Waals surface area contributed by atoms with Crippen LogP contribution in [-0.2, 0) is 29.6 Å². The van der Waals surface area contributed by atoms with Gasteiger partial charge in [-0.1, -0.05) is 37.3 Å². The van der Waals surface area contributed by atoms with Crippen molar-refractivity contribution in [3.05, 3.63) is 52.8 Å². The van der Waals surface area contributed by atoms with Crippen molar-refractivity contribution in [3.8, 4) is 0 Å². The molecule has 0 saturated heterocycles. The van der Waals surface area contributed by atoms with Gasteiger partial charge in [0, 0.05) is 38.2 Å². The monoisotopic (exact) mass is 371 g/mol. The van der Waals surface area contributed by atoms with Crippen molar-refractivity contribution in [1.82, 2.24) is 14.7 Å². The van der Waals surface area contributed by atoms with Crippen molar-refractivity contribution in [2.24, 2.45) is 13.0 Å². The molecule has 1 N–H and O–H groups in total. The van der Waals surface area contributed by atoms with E-state index in [0.29, 0.717) is 25.9 Å². The van der Waals surface area contributed by atoms with Gasteiger partial charge in [-0.2, -0.15) is 5.10 Å². The molecule has 0 fully saturated rings. The largest absolute Gasteiger partial charge is 0.481 e. The van der Waals surface area contributed by atoms with Crippen molar-refractivity contribution in [2.75, 3.05) is 6.54 Å². The molecule has 0 aliphatic heterocycles. The fourth-order valence-corrected chi connectivity index (χ4v) is 3.31. The van der Waals surface area contributed by atoms with Gasteiger partial charge in [-0.15, -0.1) is 0 Å². The third-order valence-corrected chi connectivity index (χ3v) is 4.94. The Hall–Kier alpha value is -2.63. The summed E-state index contributed by atoms with van der Waals surface area (Å²) < 4.78 is 1.84. The van der Waals surface area contributed by atoms with E-state index in [9.17, 15) is 9.59 Å². The molecular weight excluding hydrogens is 342 g/mol. The second-order valence-electron chi connectivity index (χ2n) is 7.12. The lowest BCUT2D eigenvalue weighted by Gasteiger charge is -2.26. The summed E-state index contributed by atoms with van der Waals surface area (Å²) in [5.74, 6) is -0.983. The van der Waals surface area contributed by atoms with Crippen LogP contribution in [0.25, 0.3) is 0 Å². The van der Waals surface area contributed by atoms with E-state index in [-0.39, 0.29) is 18.2 Å². The van der Waals surface area contributed by atoms with E-state index in [1.165, 1.54) is 0 Å². The summed E-state index contributed by atoms with van der Waals surface area (Å²) in [7, 11) is 1.91. The summed E-state index contributed by atoms with van der Waals surface area (Å²) in [4.78, 5) is 25.7. The zero-order valence-electron chi connectivity index (χ0n) is 16.6. The lowest BCUT2D eigenvalue weighted by molar-refractivity contribution is -0.139. The Morgan fingerprint density at radius 1 is 1.22 bits per heavy atom. The average Bonchev–Trinajstić information content (AvgIpc) is 2.87. The Morgan fingerprint density at radius 2 is 1.89 bits per heavy atom. The lowest BCUT2D eigenvalue weighted by atomic mass is 9.98. The van der Waals surface area contributed by atoms with Gasteiger partial charge in [0.05, 0.1) is 5.69 Å². The fraction of sp³-hybridized carbons (Fsp3) is 0.476. The van der Waals surface area contributed by atoms with Crippen LogP contribution in [0.5, 0.6) is 0 Å². The number of benzene rings is 1. The van der Waals surface area contributed by atoms with Gasteiger partial charge in [-0.05, 0) is 37.8 Å². The predicted octanol–water partition coefficient (Wildman–Crippen LogP) is 3.11. The highest BCUT2D eigenvalue weighted by atomic mass is 16.4. The molecule has 2 rings (SSSR count). The number of amides is 1. The van der Waals surface area contributed by atoms with Crippen LogP contribution >= 0.6 is 0 Å². The number of rotatable bonds is 9. The Balaban J connectivity index is 2.11. The minimum atomic E-state index is -0.836. The Morgan fingerprint density at radius 3 is 2.44 bits per heavy atom. The first-order valence-corrected chi connectivity index (χ1v) is 9.33. The second kappa shape index (κ2) is 9.35. The number of hydrogen-bond acceptors (Lipinski definition) is 3. The standard InChI is InChI=1S/C21H29N3O3/c1-15(13-19-16(2)22-23(4)17(19)3)21(27)24(12-8-11-20(25)26)14-18-9-6-5-7-10-18/h5-7,9-10,15H,8,11-14H2,1-4H3,(H,25,26). The van der Waals surface area contributed by atoms with Crippen molar-refractivity contribution in [3.63, 3.8) is 0 Å². The zero-order chi connectivity index (χ0) is 20.0. The van der Waals surface area contributed by atoms with Gasteiger partial charge in [0.2, 0.25) is 5.91 Å². The molecule has 1 amide bonds. The second-order valence-corrected chi connectivity index (χ2v) is 7.12. The molecule has 1 aromatic carbocycles. The highest BCUT2D eigenvalue weighted by Crippen LogP contribution is 2.19. The molecule has 0 radical (unpaired) electrons. The molecule has 0 bridgehead atoms. The number of carboxylic acid groups (broad SMARTS) is 1. The lowest BCUT2D eigenvalue weighted by Crippen LogP contribution is -2.36. The molecule has 146 valence electrons. The van der Waals surface area contributed by atoms with E-state index in [1.807, 2.05) is 62.8 Å². The highest BCUT2D eigenvalue weighted by Gasteiger charge is 2.23. The Kier molecular flexibility index (Phi) is 7.16. The summed E-state index contributed by atoms with van der Waals surface area (Å²) in [6.07, 6.45) is 1.15. The molecule has 1 atom stereocenters. The van der Waals surface area contributed by atoms with Gasteiger partial charge < -0.3 is 10.0 Å². The molecule has 1 unspecified atom stereocenters. The topological polar surface area (TPSA) is 75.4 Å². The van der Waals surface area contributed by atoms with Crippen LogP contribution in [0, 0.1) is 19.8 Å². The maximum Gasteiger partial charge on any atom is 0.303 e. The molecule has 0 spiro atoms. The quantitative estimate of drug-likeness (QED) is 0.735. The Labute approximate surface area is 160 Å². The first-order chi connectivity index (χ1) is 12.8. The third-order valence-electron chi connectivity index (χ3n) is 4.94. The Bertz CT molecular complexity index is 783. The fourth-order valence-electron chi connectivity index (χ4n) is 3.31. The molecular formula is C21H29N3O3. The van der Waals surface area contributed by atoms with Crippen molar-refractivity contribution < 1.29 is 14.7 Å². The number of nitrogens with zero attached hydrogens (tertiary/aromatic N) is 3. The van der Waals surface area contributed by atoms with Crippen molar-refractivity contribution in [1.29, 1.82) is 0 Å². The van der Waals surface area contributed by atoms with E-state index in [2.05, 4.69) is 5.10 Å². The summed E-state index contributed by atoms with van der Waals surface area (Å²) in [5.41, 5.74) is 4.19. The van der Waals surface area contributed by atoms with Gasteiger partial charge in [0.15, 0.2) is 0 Å². The molecule has 1 heterocycles. The van der Waals surface area contributed by atoms with Crippen molar-refractivity contribution >= 4 is 11.9 Å². The number of carbonyl (C=O) groups is 2. The SMILES string of the molecule is Cc1nn(C)c(C)c1CC(C)C(=O)N(CCCC(=O)O)Cc1ccccc1. The maximum atomic E-state index is 13.1.